The molecule has 5 heteroatoms. The second-order valence-corrected chi connectivity index (χ2v) is 5.61. The Bertz CT molecular complexity index is 568. The highest BCUT2D eigenvalue weighted by Gasteiger charge is 2.19. The zero-order valence-corrected chi connectivity index (χ0v) is 12.9. The number of hydrogen-bond acceptors (Lipinski definition) is 4. The molecule has 0 saturated heterocycles. The molecule has 0 bridgehead atoms. The van der Waals surface area contributed by atoms with E-state index in [1.54, 1.807) is 6.07 Å². The second kappa shape index (κ2) is 6.90. The molecule has 3 nitrogen and oxygen atoms in total. The summed E-state index contributed by atoms with van der Waals surface area (Å²) < 4.78 is 17.3. The molecule has 0 spiro atoms. The summed E-state index contributed by atoms with van der Waals surface area (Å²) in [6.07, 6.45) is 1.72. The van der Waals surface area contributed by atoms with Crippen LogP contribution in [0.25, 0.3) is 0 Å². The van der Waals surface area contributed by atoms with Gasteiger partial charge in [0.1, 0.15) is 5.82 Å². The molecule has 1 heterocycles. The van der Waals surface area contributed by atoms with Gasteiger partial charge in [0.05, 0.1) is 10.6 Å². The Hall–Kier alpha value is -1.33. The fraction of sp³-hybridized carbons (Fsp3) is 0.467. The van der Waals surface area contributed by atoms with Crippen LogP contribution in [0.15, 0.2) is 18.2 Å². The summed E-state index contributed by atoms with van der Waals surface area (Å²) in [5, 5.41) is 7.67. The smallest absolute Gasteiger partial charge is 0.123 e. The van der Waals surface area contributed by atoms with Crippen LogP contribution in [0, 0.1) is 12.7 Å². The minimum atomic E-state index is -0.181. The van der Waals surface area contributed by atoms with E-state index in [2.05, 4.69) is 28.8 Å². The number of aromatic nitrogens is 2. The van der Waals surface area contributed by atoms with Gasteiger partial charge in [-0.05, 0) is 61.1 Å². The number of likely N-dealkylation sites (N-methyl/N-ethyl adjacent to an activating group) is 1. The number of nitrogens with zero attached hydrogens (tertiary/aromatic N) is 2. The molecule has 108 valence electrons. The Balaban J connectivity index is 2.25. The highest BCUT2D eigenvalue weighted by Crippen LogP contribution is 2.26. The monoisotopic (exact) mass is 293 g/mol. The van der Waals surface area contributed by atoms with Crippen LogP contribution in [0.5, 0.6) is 0 Å². The molecule has 0 aliphatic rings. The van der Waals surface area contributed by atoms with Gasteiger partial charge in [0, 0.05) is 6.04 Å². The SMILES string of the molecule is CCNC(Cc1ccc(F)cc1C)c1snnc1CC. The molecular formula is C15H20FN3S. The van der Waals surface area contributed by atoms with Gasteiger partial charge in [0.2, 0.25) is 0 Å². The van der Waals surface area contributed by atoms with Gasteiger partial charge in [-0.1, -0.05) is 24.4 Å². The Morgan fingerprint density at radius 3 is 2.80 bits per heavy atom. The van der Waals surface area contributed by atoms with Crippen LogP contribution in [-0.4, -0.2) is 16.1 Å². The lowest BCUT2D eigenvalue weighted by Crippen LogP contribution is -2.23. The van der Waals surface area contributed by atoms with Crippen molar-refractivity contribution in [3.05, 3.63) is 45.7 Å². The number of aryl methyl sites for hydroxylation is 2. The summed E-state index contributed by atoms with van der Waals surface area (Å²) in [5.41, 5.74) is 3.21. The van der Waals surface area contributed by atoms with E-state index >= 15 is 0 Å². The van der Waals surface area contributed by atoms with Crippen molar-refractivity contribution in [3.63, 3.8) is 0 Å². The van der Waals surface area contributed by atoms with Gasteiger partial charge in [-0.2, -0.15) is 0 Å². The van der Waals surface area contributed by atoms with Gasteiger partial charge >= 0.3 is 0 Å². The van der Waals surface area contributed by atoms with Crippen molar-refractivity contribution in [1.82, 2.24) is 14.9 Å². The van der Waals surface area contributed by atoms with Crippen LogP contribution < -0.4 is 5.32 Å². The third kappa shape index (κ3) is 3.41. The molecule has 0 amide bonds. The minimum Gasteiger partial charge on any atom is -0.309 e. The van der Waals surface area contributed by atoms with E-state index in [1.165, 1.54) is 22.5 Å². The summed E-state index contributed by atoms with van der Waals surface area (Å²) in [5.74, 6) is -0.181. The van der Waals surface area contributed by atoms with E-state index < -0.39 is 0 Å². The molecule has 20 heavy (non-hydrogen) atoms. The molecule has 1 N–H and O–H groups in total. The molecule has 0 fully saturated rings. The zero-order chi connectivity index (χ0) is 14.5. The first kappa shape index (κ1) is 15.1. The number of halogens is 1. The van der Waals surface area contributed by atoms with E-state index in [-0.39, 0.29) is 11.9 Å². The molecule has 1 unspecified atom stereocenters. The molecular weight excluding hydrogens is 273 g/mol. The van der Waals surface area contributed by atoms with Gasteiger partial charge in [0.15, 0.2) is 0 Å². The third-order valence-corrected chi connectivity index (χ3v) is 4.30. The number of rotatable bonds is 6. The summed E-state index contributed by atoms with van der Waals surface area (Å²) in [4.78, 5) is 1.19. The molecule has 0 saturated carbocycles. The molecule has 0 aliphatic heterocycles. The predicted octanol–water partition coefficient (Wildman–Crippen LogP) is 3.44. The molecule has 1 atom stereocenters. The van der Waals surface area contributed by atoms with Crippen molar-refractivity contribution in [3.8, 4) is 0 Å². The Morgan fingerprint density at radius 2 is 2.15 bits per heavy atom. The number of benzene rings is 1. The van der Waals surface area contributed by atoms with E-state index in [1.807, 2.05) is 13.0 Å². The van der Waals surface area contributed by atoms with Gasteiger partial charge in [-0.3, -0.25) is 0 Å². The molecule has 1 aromatic heterocycles. The zero-order valence-electron chi connectivity index (χ0n) is 12.1. The van der Waals surface area contributed by atoms with E-state index in [0.29, 0.717) is 0 Å². The summed E-state index contributed by atoms with van der Waals surface area (Å²) in [7, 11) is 0. The van der Waals surface area contributed by atoms with Crippen LogP contribution in [-0.2, 0) is 12.8 Å². The summed E-state index contributed by atoms with van der Waals surface area (Å²) in [6.45, 7) is 7.01. The normalized spacial score (nSPS) is 12.6. The van der Waals surface area contributed by atoms with Crippen molar-refractivity contribution >= 4 is 11.5 Å². The lowest BCUT2D eigenvalue weighted by atomic mass is 9.99. The highest BCUT2D eigenvalue weighted by atomic mass is 32.1. The summed E-state index contributed by atoms with van der Waals surface area (Å²) in [6, 6.07) is 5.18. The number of nitrogens with one attached hydrogen (secondary N) is 1. The van der Waals surface area contributed by atoms with Crippen molar-refractivity contribution in [2.24, 2.45) is 0 Å². The van der Waals surface area contributed by atoms with Gasteiger partial charge in [0.25, 0.3) is 0 Å². The molecule has 0 radical (unpaired) electrons. The van der Waals surface area contributed by atoms with Crippen LogP contribution in [0.4, 0.5) is 4.39 Å². The maximum absolute atomic E-state index is 13.2. The van der Waals surface area contributed by atoms with Crippen molar-refractivity contribution in [1.29, 1.82) is 0 Å². The first-order valence-corrected chi connectivity index (χ1v) is 7.72. The maximum atomic E-state index is 13.2. The first-order valence-electron chi connectivity index (χ1n) is 6.95. The fourth-order valence-corrected chi connectivity index (χ4v) is 3.15. The lowest BCUT2D eigenvalue weighted by Gasteiger charge is -2.18. The van der Waals surface area contributed by atoms with Crippen molar-refractivity contribution < 1.29 is 4.39 Å². The fourth-order valence-electron chi connectivity index (χ4n) is 2.34. The Morgan fingerprint density at radius 1 is 1.35 bits per heavy atom. The maximum Gasteiger partial charge on any atom is 0.123 e. The quantitative estimate of drug-likeness (QED) is 0.886. The topological polar surface area (TPSA) is 37.8 Å². The second-order valence-electron chi connectivity index (χ2n) is 4.82. The Kier molecular flexibility index (Phi) is 5.20. The Labute approximate surface area is 123 Å². The van der Waals surface area contributed by atoms with E-state index in [9.17, 15) is 4.39 Å². The average Bonchev–Trinajstić information content (AvgIpc) is 2.89. The van der Waals surface area contributed by atoms with E-state index in [4.69, 9.17) is 0 Å². The first-order chi connectivity index (χ1) is 9.65. The van der Waals surface area contributed by atoms with Gasteiger partial charge in [-0.25, -0.2) is 4.39 Å². The molecule has 1 aromatic carbocycles. The number of hydrogen-bond donors (Lipinski definition) is 1. The van der Waals surface area contributed by atoms with Crippen molar-refractivity contribution in [2.75, 3.05) is 6.54 Å². The lowest BCUT2D eigenvalue weighted by molar-refractivity contribution is 0.550. The van der Waals surface area contributed by atoms with Crippen LogP contribution in [0.2, 0.25) is 0 Å². The van der Waals surface area contributed by atoms with Crippen LogP contribution in [0.1, 0.15) is 41.6 Å². The van der Waals surface area contributed by atoms with Gasteiger partial charge < -0.3 is 5.32 Å². The van der Waals surface area contributed by atoms with Crippen molar-refractivity contribution in [2.45, 2.75) is 39.7 Å². The molecule has 2 rings (SSSR count). The predicted molar refractivity (Wildman–Crippen MR) is 80.5 cm³/mol. The van der Waals surface area contributed by atoms with Crippen LogP contribution >= 0.6 is 11.5 Å². The largest absolute Gasteiger partial charge is 0.309 e. The standard InChI is InChI=1S/C15H20FN3S/c1-4-13-15(20-19-18-13)14(17-5-2)9-11-6-7-12(16)8-10(11)3/h6-8,14,17H,4-5,9H2,1-3H3. The highest BCUT2D eigenvalue weighted by molar-refractivity contribution is 7.05. The van der Waals surface area contributed by atoms with Crippen LogP contribution in [0.3, 0.4) is 0 Å². The third-order valence-electron chi connectivity index (χ3n) is 3.42. The summed E-state index contributed by atoms with van der Waals surface area (Å²) >= 11 is 1.45. The van der Waals surface area contributed by atoms with Gasteiger partial charge in [-0.15, -0.1) is 5.10 Å². The minimum absolute atomic E-state index is 0.181. The average molecular weight is 293 g/mol. The molecule has 0 aliphatic carbocycles. The molecule has 2 aromatic rings. The van der Waals surface area contributed by atoms with E-state index in [0.717, 1.165) is 36.2 Å².